The molecule has 4 heteroatoms. The van der Waals surface area contributed by atoms with Crippen LogP contribution in [0.15, 0.2) is 12.4 Å². The molecule has 1 fully saturated rings. The number of aromatic nitrogens is 2. The largest absolute Gasteiger partial charge is 0.351 e. The zero-order valence-corrected chi connectivity index (χ0v) is 11.0. The first-order valence-electron chi connectivity index (χ1n) is 6.46. The number of rotatable bonds is 4. The van der Waals surface area contributed by atoms with E-state index in [4.69, 9.17) is 0 Å². The van der Waals surface area contributed by atoms with Gasteiger partial charge in [-0.05, 0) is 40.2 Å². The molecule has 0 aromatic carbocycles. The van der Waals surface area contributed by atoms with Crippen LogP contribution >= 0.6 is 0 Å². The SMILES string of the molecule is Cc1nccnc1N(CC1CCCN1)C(C)C. The normalized spacial score (nSPS) is 19.9. The topological polar surface area (TPSA) is 41.1 Å². The highest BCUT2D eigenvalue weighted by Gasteiger charge is 2.21. The molecule has 1 atom stereocenters. The minimum Gasteiger partial charge on any atom is -0.351 e. The predicted molar refractivity (Wildman–Crippen MR) is 70.3 cm³/mol. The van der Waals surface area contributed by atoms with E-state index in [-0.39, 0.29) is 0 Å². The van der Waals surface area contributed by atoms with Crippen LogP contribution in [0.4, 0.5) is 5.82 Å². The monoisotopic (exact) mass is 234 g/mol. The molecule has 1 N–H and O–H groups in total. The summed E-state index contributed by atoms with van der Waals surface area (Å²) < 4.78 is 0. The van der Waals surface area contributed by atoms with Crippen molar-refractivity contribution in [2.75, 3.05) is 18.0 Å². The second-order valence-electron chi connectivity index (χ2n) is 5.00. The van der Waals surface area contributed by atoms with E-state index in [9.17, 15) is 0 Å². The van der Waals surface area contributed by atoms with E-state index < -0.39 is 0 Å². The molecule has 1 unspecified atom stereocenters. The smallest absolute Gasteiger partial charge is 0.150 e. The van der Waals surface area contributed by atoms with E-state index in [1.165, 1.54) is 12.8 Å². The lowest BCUT2D eigenvalue weighted by Gasteiger charge is -2.31. The first kappa shape index (κ1) is 12.3. The van der Waals surface area contributed by atoms with Crippen molar-refractivity contribution in [3.8, 4) is 0 Å². The van der Waals surface area contributed by atoms with Crippen molar-refractivity contribution < 1.29 is 0 Å². The molecule has 0 saturated carbocycles. The molecular weight excluding hydrogens is 212 g/mol. The highest BCUT2D eigenvalue weighted by molar-refractivity contribution is 5.43. The lowest BCUT2D eigenvalue weighted by molar-refractivity contribution is 0.547. The molecule has 0 amide bonds. The van der Waals surface area contributed by atoms with Crippen molar-refractivity contribution in [1.82, 2.24) is 15.3 Å². The number of nitrogens with one attached hydrogen (secondary N) is 1. The van der Waals surface area contributed by atoms with Gasteiger partial charge in [-0.15, -0.1) is 0 Å². The van der Waals surface area contributed by atoms with Gasteiger partial charge in [0.15, 0.2) is 0 Å². The number of hydrogen-bond acceptors (Lipinski definition) is 4. The first-order valence-corrected chi connectivity index (χ1v) is 6.46. The number of hydrogen-bond donors (Lipinski definition) is 1. The maximum atomic E-state index is 4.48. The Kier molecular flexibility index (Phi) is 3.94. The van der Waals surface area contributed by atoms with Gasteiger partial charge < -0.3 is 10.2 Å². The highest BCUT2D eigenvalue weighted by Crippen LogP contribution is 2.19. The van der Waals surface area contributed by atoms with Crippen LogP contribution in [0, 0.1) is 6.92 Å². The Hall–Kier alpha value is -1.16. The molecule has 1 aromatic rings. The van der Waals surface area contributed by atoms with Gasteiger partial charge in [-0.25, -0.2) is 4.98 Å². The molecule has 0 spiro atoms. The summed E-state index contributed by atoms with van der Waals surface area (Å²) in [5.74, 6) is 1.02. The van der Waals surface area contributed by atoms with Gasteiger partial charge >= 0.3 is 0 Å². The molecule has 0 aliphatic carbocycles. The Morgan fingerprint density at radius 2 is 2.18 bits per heavy atom. The van der Waals surface area contributed by atoms with Gasteiger partial charge in [-0.2, -0.15) is 0 Å². The summed E-state index contributed by atoms with van der Waals surface area (Å²) in [6, 6.07) is 1.05. The number of anilines is 1. The van der Waals surface area contributed by atoms with Crippen molar-refractivity contribution >= 4 is 5.82 Å². The van der Waals surface area contributed by atoms with Gasteiger partial charge in [-0.1, -0.05) is 0 Å². The average molecular weight is 234 g/mol. The summed E-state index contributed by atoms with van der Waals surface area (Å²) in [5, 5.41) is 3.54. The van der Waals surface area contributed by atoms with Gasteiger partial charge in [0.2, 0.25) is 0 Å². The molecule has 0 radical (unpaired) electrons. The lowest BCUT2D eigenvalue weighted by atomic mass is 10.2. The van der Waals surface area contributed by atoms with Crippen LogP contribution in [0.5, 0.6) is 0 Å². The summed E-state index contributed by atoms with van der Waals surface area (Å²) in [6.45, 7) is 8.62. The van der Waals surface area contributed by atoms with Crippen molar-refractivity contribution in [1.29, 1.82) is 0 Å². The number of nitrogens with zero attached hydrogens (tertiary/aromatic N) is 3. The minimum atomic E-state index is 0.452. The maximum Gasteiger partial charge on any atom is 0.150 e. The third-order valence-corrected chi connectivity index (χ3v) is 3.33. The standard InChI is InChI=1S/C13H22N4/c1-10(2)17(9-12-5-4-6-15-12)13-11(3)14-7-8-16-13/h7-8,10,12,15H,4-6,9H2,1-3H3. The van der Waals surface area contributed by atoms with Crippen LogP contribution in [-0.4, -0.2) is 35.1 Å². The Morgan fingerprint density at radius 3 is 2.76 bits per heavy atom. The summed E-state index contributed by atoms with van der Waals surface area (Å²) >= 11 is 0. The fraction of sp³-hybridized carbons (Fsp3) is 0.692. The molecule has 1 saturated heterocycles. The predicted octanol–water partition coefficient (Wildman–Crippen LogP) is 1.75. The quantitative estimate of drug-likeness (QED) is 0.861. The van der Waals surface area contributed by atoms with Crippen LogP contribution in [0.2, 0.25) is 0 Å². The minimum absolute atomic E-state index is 0.452. The van der Waals surface area contributed by atoms with Gasteiger partial charge in [0.1, 0.15) is 5.82 Å². The zero-order chi connectivity index (χ0) is 12.3. The van der Waals surface area contributed by atoms with Gasteiger partial charge in [0, 0.05) is 31.0 Å². The first-order chi connectivity index (χ1) is 8.18. The van der Waals surface area contributed by atoms with E-state index in [1.54, 1.807) is 12.4 Å². The molecule has 0 bridgehead atoms. The summed E-state index contributed by atoms with van der Waals surface area (Å²) in [5.41, 5.74) is 1.01. The summed E-state index contributed by atoms with van der Waals surface area (Å²) in [4.78, 5) is 11.2. The van der Waals surface area contributed by atoms with E-state index in [0.29, 0.717) is 12.1 Å². The van der Waals surface area contributed by atoms with Crippen LogP contribution < -0.4 is 10.2 Å². The van der Waals surface area contributed by atoms with E-state index >= 15 is 0 Å². The van der Waals surface area contributed by atoms with Crippen molar-refractivity contribution in [2.24, 2.45) is 0 Å². The number of aryl methyl sites for hydroxylation is 1. The molecular formula is C13H22N4. The van der Waals surface area contributed by atoms with E-state index in [0.717, 1.165) is 24.6 Å². The third-order valence-electron chi connectivity index (χ3n) is 3.33. The fourth-order valence-corrected chi connectivity index (χ4v) is 2.37. The summed E-state index contributed by atoms with van der Waals surface area (Å²) in [6.07, 6.45) is 6.09. The molecule has 1 aliphatic heterocycles. The molecule has 1 aromatic heterocycles. The van der Waals surface area contributed by atoms with Crippen LogP contribution in [0.1, 0.15) is 32.4 Å². The fourth-order valence-electron chi connectivity index (χ4n) is 2.37. The third kappa shape index (κ3) is 2.94. The van der Waals surface area contributed by atoms with Crippen molar-refractivity contribution in [3.63, 3.8) is 0 Å². The Bertz CT molecular complexity index is 358. The molecule has 1 aliphatic rings. The molecule has 94 valence electrons. The highest BCUT2D eigenvalue weighted by atomic mass is 15.2. The lowest BCUT2D eigenvalue weighted by Crippen LogP contribution is -2.42. The Morgan fingerprint density at radius 1 is 1.41 bits per heavy atom. The van der Waals surface area contributed by atoms with E-state index in [1.807, 2.05) is 6.92 Å². The molecule has 2 heterocycles. The van der Waals surface area contributed by atoms with Gasteiger partial charge in [0.25, 0.3) is 0 Å². The van der Waals surface area contributed by atoms with Crippen molar-refractivity contribution in [3.05, 3.63) is 18.1 Å². The zero-order valence-electron chi connectivity index (χ0n) is 11.0. The molecule has 17 heavy (non-hydrogen) atoms. The second-order valence-corrected chi connectivity index (χ2v) is 5.00. The van der Waals surface area contributed by atoms with Crippen LogP contribution in [0.3, 0.4) is 0 Å². The average Bonchev–Trinajstić information content (AvgIpc) is 2.79. The van der Waals surface area contributed by atoms with Crippen molar-refractivity contribution in [2.45, 2.75) is 45.7 Å². The van der Waals surface area contributed by atoms with Crippen LogP contribution in [0.25, 0.3) is 0 Å². The van der Waals surface area contributed by atoms with Gasteiger partial charge in [0.05, 0.1) is 5.69 Å². The second kappa shape index (κ2) is 5.45. The Balaban J connectivity index is 2.14. The Labute approximate surface area is 103 Å². The molecule has 4 nitrogen and oxygen atoms in total. The van der Waals surface area contributed by atoms with E-state index in [2.05, 4.69) is 34.0 Å². The van der Waals surface area contributed by atoms with Gasteiger partial charge in [-0.3, -0.25) is 4.98 Å². The van der Waals surface area contributed by atoms with Crippen LogP contribution in [-0.2, 0) is 0 Å². The summed E-state index contributed by atoms with van der Waals surface area (Å²) in [7, 11) is 0. The maximum absolute atomic E-state index is 4.48. The molecule has 2 rings (SSSR count).